The van der Waals surface area contributed by atoms with Gasteiger partial charge in [0.05, 0.1) is 12.7 Å². The minimum atomic E-state index is -1.27. The first-order valence-electron chi connectivity index (χ1n) is 6.38. The smallest absolute Gasteiger partial charge is 0.195 e. The summed E-state index contributed by atoms with van der Waals surface area (Å²) in [4.78, 5) is 12.1. The number of methoxy groups -OCH3 is 1. The van der Waals surface area contributed by atoms with Crippen LogP contribution in [0.4, 0.5) is 0 Å². The number of aliphatic hydroxyl groups excluding tert-OH is 1. The molecule has 0 heterocycles. The first-order valence-corrected chi connectivity index (χ1v) is 6.38. The van der Waals surface area contributed by atoms with Crippen LogP contribution in [0.15, 0.2) is 42.5 Å². The summed E-state index contributed by atoms with van der Waals surface area (Å²) in [6.07, 6.45) is -1.14. The number of aromatic hydroxyl groups is 2. The van der Waals surface area contributed by atoms with E-state index in [1.54, 1.807) is 31.4 Å². The van der Waals surface area contributed by atoms with E-state index in [0.717, 1.165) is 11.6 Å². The molecule has 0 spiro atoms. The van der Waals surface area contributed by atoms with E-state index in [4.69, 9.17) is 4.74 Å². The summed E-state index contributed by atoms with van der Waals surface area (Å²) in [6, 6.07) is 10.6. The van der Waals surface area contributed by atoms with Crippen LogP contribution < -0.4 is 4.74 Å². The van der Waals surface area contributed by atoms with Crippen molar-refractivity contribution in [1.29, 1.82) is 0 Å². The van der Waals surface area contributed by atoms with Crippen molar-refractivity contribution < 1.29 is 24.9 Å². The Kier molecular flexibility index (Phi) is 4.45. The fourth-order valence-corrected chi connectivity index (χ4v) is 1.99. The maximum atomic E-state index is 12.1. The van der Waals surface area contributed by atoms with Gasteiger partial charge in [0.15, 0.2) is 5.78 Å². The van der Waals surface area contributed by atoms with Crippen molar-refractivity contribution in [2.24, 2.45) is 0 Å². The molecule has 1 unspecified atom stereocenters. The average molecular weight is 288 g/mol. The Labute approximate surface area is 122 Å². The highest BCUT2D eigenvalue weighted by Gasteiger charge is 2.20. The minimum absolute atomic E-state index is 0.0196. The second-order valence-electron chi connectivity index (χ2n) is 4.63. The Bertz CT molecular complexity index is 634. The van der Waals surface area contributed by atoms with Crippen molar-refractivity contribution in [3.05, 3.63) is 53.6 Å². The number of phenolic OH excluding ortho intramolecular Hbond substituents is 2. The highest BCUT2D eigenvalue weighted by molar-refractivity contribution is 6.01. The van der Waals surface area contributed by atoms with Crippen LogP contribution in [0.1, 0.15) is 15.9 Å². The number of ketones is 1. The zero-order chi connectivity index (χ0) is 15.4. The van der Waals surface area contributed by atoms with Gasteiger partial charge in [-0.1, -0.05) is 12.1 Å². The number of rotatable bonds is 5. The van der Waals surface area contributed by atoms with Crippen LogP contribution in [-0.4, -0.2) is 34.3 Å². The minimum Gasteiger partial charge on any atom is -0.508 e. The Morgan fingerprint density at radius 1 is 1.14 bits per heavy atom. The summed E-state index contributed by atoms with van der Waals surface area (Å²) in [7, 11) is 1.56. The molecule has 0 amide bonds. The fourth-order valence-electron chi connectivity index (χ4n) is 1.99. The second-order valence-corrected chi connectivity index (χ2v) is 4.63. The SMILES string of the molecule is COc1ccc(CC(O)C(=O)c2ccc(O)cc2O)cc1. The van der Waals surface area contributed by atoms with Gasteiger partial charge in [-0.25, -0.2) is 0 Å². The predicted molar refractivity (Wildman–Crippen MR) is 76.8 cm³/mol. The molecule has 0 fully saturated rings. The first-order chi connectivity index (χ1) is 10.0. The monoisotopic (exact) mass is 288 g/mol. The van der Waals surface area contributed by atoms with Crippen LogP contribution in [0.3, 0.4) is 0 Å². The third-order valence-corrected chi connectivity index (χ3v) is 3.14. The van der Waals surface area contributed by atoms with Gasteiger partial charge in [0.2, 0.25) is 0 Å². The van der Waals surface area contributed by atoms with E-state index in [-0.39, 0.29) is 23.5 Å². The van der Waals surface area contributed by atoms with E-state index in [1.165, 1.54) is 12.1 Å². The van der Waals surface area contributed by atoms with E-state index in [9.17, 15) is 20.1 Å². The van der Waals surface area contributed by atoms with E-state index in [1.807, 2.05) is 0 Å². The number of Topliss-reactive ketones (excluding diaryl/α,β-unsaturated/α-hetero) is 1. The fraction of sp³-hybridized carbons (Fsp3) is 0.188. The number of aliphatic hydroxyl groups is 1. The van der Waals surface area contributed by atoms with Gasteiger partial charge in [-0.05, 0) is 29.8 Å². The van der Waals surface area contributed by atoms with Crippen LogP contribution in [-0.2, 0) is 6.42 Å². The third kappa shape index (κ3) is 3.52. The molecule has 2 rings (SSSR count). The molecule has 2 aromatic carbocycles. The van der Waals surface area contributed by atoms with Crippen LogP contribution >= 0.6 is 0 Å². The van der Waals surface area contributed by atoms with Crippen molar-refractivity contribution in [2.75, 3.05) is 7.11 Å². The van der Waals surface area contributed by atoms with Crippen LogP contribution in [0.25, 0.3) is 0 Å². The number of benzene rings is 2. The number of hydrogen-bond acceptors (Lipinski definition) is 5. The summed E-state index contributed by atoms with van der Waals surface area (Å²) >= 11 is 0. The van der Waals surface area contributed by atoms with Crippen molar-refractivity contribution >= 4 is 5.78 Å². The van der Waals surface area contributed by atoms with E-state index < -0.39 is 11.9 Å². The first kappa shape index (κ1) is 14.9. The summed E-state index contributed by atoms with van der Waals surface area (Å²) in [5.41, 5.74) is 0.753. The van der Waals surface area contributed by atoms with Crippen LogP contribution in [0, 0.1) is 0 Å². The molecule has 0 aromatic heterocycles. The maximum Gasteiger partial charge on any atom is 0.195 e. The molecule has 0 bridgehead atoms. The largest absolute Gasteiger partial charge is 0.508 e. The van der Waals surface area contributed by atoms with Gasteiger partial charge < -0.3 is 20.1 Å². The Morgan fingerprint density at radius 3 is 2.38 bits per heavy atom. The molecule has 0 saturated carbocycles. The van der Waals surface area contributed by atoms with Gasteiger partial charge in [0.1, 0.15) is 23.4 Å². The average Bonchev–Trinajstić information content (AvgIpc) is 2.47. The van der Waals surface area contributed by atoms with Gasteiger partial charge in [0.25, 0.3) is 0 Å². The Hall–Kier alpha value is -2.53. The standard InChI is InChI=1S/C16H16O5/c1-21-12-5-2-10(3-6-12)8-15(19)16(20)13-7-4-11(17)9-14(13)18/h2-7,9,15,17-19H,8H2,1H3. The van der Waals surface area contributed by atoms with E-state index in [0.29, 0.717) is 5.75 Å². The molecule has 110 valence electrons. The van der Waals surface area contributed by atoms with Crippen LogP contribution in [0.2, 0.25) is 0 Å². The summed E-state index contributed by atoms with van der Waals surface area (Å²) < 4.78 is 5.03. The third-order valence-electron chi connectivity index (χ3n) is 3.14. The van der Waals surface area contributed by atoms with Crippen molar-refractivity contribution in [2.45, 2.75) is 12.5 Å². The molecule has 0 radical (unpaired) electrons. The Balaban J connectivity index is 2.11. The number of ether oxygens (including phenoxy) is 1. The highest BCUT2D eigenvalue weighted by Crippen LogP contribution is 2.24. The normalized spacial score (nSPS) is 11.9. The lowest BCUT2D eigenvalue weighted by Gasteiger charge is -2.11. The van der Waals surface area contributed by atoms with Gasteiger partial charge in [0, 0.05) is 12.5 Å². The van der Waals surface area contributed by atoms with Crippen molar-refractivity contribution in [3.63, 3.8) is 0 Å². The van der Waals surface area contributed by atoms with E-state index >= 15 is 0 Å². The quantitative estimate of drug-likeness (QED) is 0.731. The molecule has 2 aromatic rings. The molecular formula is C16H16O5. The van der Waals surface area contributed by atoms with Gasteiger partial charge >= 0.3 is 0 Å². The van der Waals surface area contributed by atoms with Gasteiger partial charge in [-0.15, -0.1) is 0 Å². The molecule has 21 heavy (non-hydrogen) atoms. The summed E-state index contributed by atoms with van der Waals surface area (Å²) in [5.74, 6) is -0.401. The highest BCUT2D eigenvalue weighted by atomic mass is 16.5. The zero-order valence-corrected chi connectivity index (χ0v) is 11.5. The number of phenols is 2. The predicted octanol–water partition coefficient (Wildman–Crippen LogP) is 1.89. The van der Waals surface area contributed by atoms with Gasteiger partial charge in [-0.3, -0.25) is 4.79 Å². The summed E-state index contributed by atoms with van der Waals surface area (Å²) in [5, 5.41) is 28.8. The number of carbonyl (C=O) groups excluding carboxylic acids is 1. The van der Waals surface area contributed by atoms with E-state index in [2.05, 4.69) is 0 Å². The molecule has 1 atom stereocenters. The van der Waals surface area contributed by atoms with Gasteiger partial charge in [-0.2, -0.15) is 0 Å². The number of carbonyl (C=O) groups is 1. The number of hydrogen-bond donors (Lipinski definition) is 3. The Morgan fingerprint density at radius 2 is 1.81 bits per heavy atom. The molecule has 0 saturated heterocycles. The molecule has 5 heteroatoms. The second kappa shape index (κ2) is 6.28. The topological polar surface area (TPSA) is 87.0 Å². The van der Waals surface area contributed by atoms with Crippen LogP contribution in [0.5, 0.6) is 17.2 Å². The van der Waals surface area contributed by atoms with Crippen molar-refractivity contribution in [1.82, 2.24) is 0 Å². The lowest BCUT2D eigenvalue weighted by molar-refractivity contribution is 0.0745. The summed E-state index contributed by atoms with van der Waals surface area (Å²) in [6.45, 7) is 0. The van der Waals surface area contributed by atoms with Crippen molar-refractivity contribution in [3.8, 4) is 17.2 Å². The maximum absolute atomic E-state index is 12.1. The molecule has 5 nitrogen and oxygen atoms in total. The molecular weight excluding hydrogens is 272 g/mol. The molecule has 0 aliphatic rings. The lowest BCUT2D eigenvalue weighted by Crippen LogP contribution is -2.23. The zero-order valence-electron chi connectivity index (χ0n) is 11.5. The molecule has 3 N–H and O–H groups in total. The molecule has 0 aliphatic heterocycles. The molecule has 0 aliphatic carbocycles. The lowest BCUT2D eigenvalue weighted by atomic mass is 9.99.